The highest BCUT2D eigenvalue weighted by Gasteiger charge is 2.22. The number of rotatable bonds is 4. The highest BCUT2D eigenvalue weighted by Crippen LogP contribution is 2.31. The van der Waals surface area contributed by atoms with Crippen LogP contribution in [0.25, 0.3) is 16.7 Å². The van der Waals surface area contributed by atoms with Crippen LogP contribution in [0.4, 0.5) is 0 Å². The van der Waals surface area contributed by atoms with Crippen LogP contribution >= 0.6 is 0 Å². The summed E-state index contributed by atoms with van der Waals surface area (Å²) < 4.78 is 3.18. The van der Waals surface area contributed by atoms with E-state index in [1.54, 1.807) is 18.5 Å². The van der Waals surface area contributed by atoms with Gasteiger partial charge in [0.05, 0.1) is 23.0 Å². The van der Waals surface area contributed by atoms with Crippen molar-refractivity contribution >= 4 is 17.0 Å². The average Bonchev–Trinajstić information content (AvgIpc) is 3.26. The van der Waals surface area contributed by atoms with Crippen LogP contribution in [0.3, 0.4) is 0 Å². The number of aromatic nitrogens is 4. The topological polar surface area (TPSA) is 110 Å². The Morgan fingerprint density at radius 3 is 2.83 bits per heavy atom. The quantitative estimate of drug-likeness (QED) is 0.743. The Balaban J connectivity index is 1.82. The maximum absolute atomic E-state index is 12.0. The lowest BCUT2D eigenvalue weighted by Crippen LogP contribution is -2.32. The number of hydrogen-bond donors (Lipinski definition) is 2. The first-order valence-electron chi connectivity index (χ1n) is 7.57. The van der Waals surface area contributed by atoms with E-state index in [9.17, 15) is 14.4 Å². The maximum atomic E-state index is 12.0. The Morgan fingerprint density at radius 2 is 2.12 bits per heavy atom. The second-order valence-corrected chi connectivity index (χ2v) is 5.99. The molecule has 122 valence electrons. The number of fused-ring (bicyclic) bond motifs is 1. The van der Waals surface area contributed by atoms with E-state index in [1.165, 1.54) is 12.8 Å². The fourth-order valence-electron chi connectivity index (χ4n) is 2.74. The predicted octanol–water partition coefficient (Wildman–Crippen LogP) is 0.984. The summed E-state index contributed by atoms with van der Waals surface area (Å²) >= 11 is 0. The van der Waals surface area contributed by atoms with Crippen LogP contribution in [-0.2, 0) is 6.54 Å². The summed E-state index contributed by atoms with van der Waals surface area (Å²) in [6.45, 7) is 0.928. The van der Waals surface area contributed by atoms with E-state index >= 15 is 0 Å². The van der Waals surface area contributed by atoms with Gasteiger partial charge in [-0.15, -0.1) is 0 Å². The van der Waals surface area contributed by atoms with E-state index in [4.69, 9.17) is 5.11 Å². The zero-order valence-electron chi connectivity index (χ0n) is 12.6. The molecule has 8 nitrogen and oxygen atoms in total. The van der Waals surface area contributed by atoms with E-state index in [-0.39, 0.29) is 0 Å². The first-order valence-corrected chi connectivity index (χ1v) is 7.57. The minimum Gasteiger partial charge on any atom is -0.477 e. The van der Waals surface area contributed by atoms with Crippen LogP contribution in [0.5, 0.6) is 0 Å². The number of hydrogen-bond acceptors (Lipinski definition) is 4. The molecule has 0 aliphatic heterocycles. The monoisotopic (exact) mass is 326 g/mol. The van der Waals surface area contributed by atoms with E-state index < -0.39 is 22.8 Å². The number of carboxylic acid groups (broad SMARTS) is 1. The van der Waals surface area contributed by atoms with Gasteiger partial charge in [0.2, 0.25) is 0 Å². The van der Waals surface area contributed by atoms with Gasteiger partial charge in [-0.1, -0.05) is 0 Å². The smallest absolute Gasteiger partial charge is 0.342 e. The molecule has 0 spiro atoms. The Kier molecular flexibility index (Phi) is 3.12. The Labute approximate surface area is 135 Å². The minimum absolute atomic E-state index is 0.447. The minimum atomic E-state index is -1.39. The molecular weight excluding hydrogens is 312 g/mol. The largest absolute Gasteiger partial charge is 0.477 e. The number of carbonyl (C=O) groups is 1. The normalized spacial score (nSPS) is 14.2. The van der Waals surface area contributed by atoms with Crippen molar-refractivity contribution in [3.63, 3.8) is 0 Å². The van der Waals surface area contributed by atoms with Gasteiger partial charge in [0, 0.05) is 12.7 Å². The molecule has 0 bridgehead atoms. The molecule has 2 aromatic heterocycles. The molecule has 1 aliphatic carbocycles. The van der Waals surface area contributed by atoms with Crippen LogP contribution in [0.15, 0.2) is 40.3 Å². The van der Waals surface area contributed by atoms with Gasteiger partial charge in [0.25, 0.3) is 5.56 Å². The van der Waals surface area contributed by atoms with Gasteiger partial charge in [-0.2, -0.15) is 0 Å². The number of aromatic amines is 1. The van der Waals surface area contributed by atoms with Crippen LogP contribution < -0.4 is 11.2 Å². The van der Waals surface area contributed by atoms with Gasteiger partial charge >= 0.3 is 11.7 Å². The summed E-state index contributed by atoms with van der Waals surface area (Å²) in [6.07, 6.45) is 5.28. The molecule has 0 unspecified atom stereocenters. The summed E-state index contributed by atoms with van der Waals surface area (Å²) in [7, 11) is 0. The van der Waals surface area contributed by atoms with Crippen molar-refractivity contribution in [1.29, 1.82) is 0 Å². The van der Waals surface area contributed by atoms with E-state index in [0.717, 1.165) is 22.8 Å². The summed E-state index contributed by atoms with van der Waals surface area (Å²) in [6, 6.07) is 5.25. The van der Waals surface area contributed by atoms with Gasteiger partial charge in [0.1, 0.15) is 5.56 Å². The molecule has 8 heteroatoms. The second kappa shape index (κ2) is 5.19. The number of imidazole rings is 1. The van der Waals surface area contributed by atoms with Crippen molar-refractivity contribution < 1.29 is 9.90 Å². The molecule has 1 fully saturated rings. The number of carboxylic acids is 1. The summed E-state index contributed by atoms with van der Waals surface area (Å²) in [4.78, 5) is 41.0. The average molecular weight is 326 g/mol. The second-order valence-electron chi connectivity index (χ2n) is 5.99. The van der Waals surface area contributed by atoms with Crippen LogP contribution in [0, 0.1) is 5.92 Å². The lowest BCUT2D eigenvalue weighted by molar-refractivity contribution is 0.0694. The zero-order valence-corrected chi connectivity index (χ0v) is 12.6. The molecule has 2 heterocycles. The van der Waals surface area contributed by atoms with Gasteiger partial charge in [-0.3, -0.25) is 14.3 Å². The van der Waals surface area contributed by atoms with Crippen LogP contribution in [0.1, 0.15) is 23.2 Å². The summed E-state index contributed by atoms with van der Waals surface area (Å²) in [5.74, 6) is -0.679. The van der Waals surface area contributed by atoms with Crippen molar-refractivity contribution in [2.24, 2.45) is 5.92 Å². The van der Waals surface area contributed by atoms with Crippen molar-refractivity contribution in [2.45, 2.75) is 19.4 Å². The SMILES string of the molecule is O=C(O)c1cn(-c2ccc3c(c2)ncn3CC2CC2)c(=O)[nH]c1=O. The third-order valence-electron chi connectivity index (χ3n) is 4.21. The number of benzene rings is 1. The number of nitrogens with zero attached hydrogens (tertiary/aromatic N) is 3. The number of H-pyrrole nitrogens is 1. The highest BCUT2D eigenvalue weighted by atomic mass is 16.4. The standard InChI is InChI=1S/C16H14N4O4/c21-14-11(15(22)23)7-20(16(24)18-14)10-3-4-13-12(5-10)17-8-19(13)6-9-1-2-9/h3-5,7-9H,1-2,6H2,(H,22,23)(H,18,21,24). The molecule has 0 saturated heterocycles. The van der Waals surface area contributed by atoms with Gasteiger partial charge < -0.3 is 9.67 Å². The Hall–Kier alpha value is -3.16. The Morgan fingerprint density at radius 1 is 1.33 bits per heavy atom. The van der Waals surface area contributed by atoms with E-state index in [2.05, 4.69) is 9.55 Å². The lowest BCUT2D eigenvalue weighted by Gasteiger charge is -2.07. The number of aromatic carboxylic acids is 1. The van der Waals surface area contributed by atoms with Gasteiger partial charge in [0.15, 0.2) is 0 Å². The van der Waals surface area contributed by atoms with Gasteiger partial charge in [-0.25, -0.2) is 14.6 Å². The fraction of sp³-hybridized carbons (Fsp3) is 0.250. The molecule has 2 N–H and O–H groups in total. The van der Waals surface area contributed by atoms with Crippen molar-refractivity contribution in [3.8, 4) is 5.69 Å². The Bertz CT molecular complexity index is 1070. The van der Waals surface area contributed by atoms with Crippen molar-refractivity contribution in [2.75, 3.05) is 0 Å². The van der Waals surface area contributed by atoms with E-state index in [1.807, 2.05) is 11.1 Å². The third kappa shape index (κ3) is 2.41. The van der Waals surface area contributed by atoms with Crippen molar-refractivity contribution in [1.82, 2.24) is 19.1 Å². The molecular formula is C16H14N4O4. The van der Waals surface area contributed by atoms with Crippen LogP contribution in [-0.4, -0.2) is 30.2 Å². The lowest BCUT2D eigenvalue weighted by atomic mass is 10.2. The first kappa shape index (κ1) is 14.4. The first-order chi connectivity index (χ1) is 11.5. The van der Waals surface area contributed by atoms with E-state index in [0.29, 0.717) is 17.1 Å². The molecule has 0 atom stereocenters. The summed E-state index contributed by atoms with van der Waals surface area (Å²) in [5.41, 5.74) is 0.0156. The van der Waals surface area contributed by atoms with Gasteiger partial charge in [-0.05, 0) is 37.0 Å². The fourth-order valence-corrected chi connectivity index (χ4v) is 2.74. The zero-order chi connectivity index (χ0) is 16.8. The van der Waals surface area contributed by atoms with Crippen molar-refractivity contribution in [3.05, 3.63) is 57.1 Å². The highest BCUT2D eigenvalue weighted by molar-refractivity contribution is 5.86. The number of nitrogens with one attached hydrogen (secondary N) is 1. The maximum Gasteiger partial charge on any atom is 0.342 e. The molecule has 0 radical (unpaired) electrons. The molecule has 24 heavy (non-hydrogen) atoms. The molecule has 1 saturated carbocycles. The molecule has 1 aliphatic rings. The molecule has 3 aromatic rings. The molecule has 4 rings (SSSR count). The summed E-state index contributed by atoms with van der Waals surface area (Å²) in [5, 5.41) is 9.04. The molecule has 0 amide bonds. The third-order valence-corrected chi connectivity index (χ3v) is 4.21. The predicted molar refractivity (Wildman–Crippen MR) is 85.6 cm³/mol. The molecule has 1 aromatic carbocycles. The van der Waals surface area contributed by atoms with Crippen LogP contribution in [0.2, 0.25) is 0 Å².